The fraction of sp³-hybridized carbons (Fsp3) is 0.0769. The number of hydrogen-bond donors (Lipinski definition) is 3. The van der Waals surface area contributed by atoms with Gasteiger partial charge in [0.05, 0.1) is 5.75 Å². The molecule has 0 spiro atoms. The highest BCUT2D eigenvalue weighted by molar-refractivity contribution is 6.72. The van der Waals surface area contributed by atoms with Crippen LogP contribution >= 0.6 is 11.6 Å². The summed E-state index contributed by atoms with van der Waals surface area (Å²) in [5.74, 6) is 0.218. The minimum Gasteiger partial charge on any atom is -0.556 e. The van der Waals surface area contributed by atoms with E-state index in [4.69, 9.17) is 16.3 Å². The number of benzene rings is 2. The molecule has 19 heavy (non-hydrogen) atoms. The molecule has 2 aromatic carbocycles. The van der Waals surface area contributed by atoms with E-state index >= 15 is 0 Å². The second-order valence-electron chi connectivity index (χ2n) is 4.19. The van der Waals surface area contributed by atoms with Crippen molar-refractivity contribution >= 4 is 23.8 Å². The predicted molar refractivity (Wildman–Crippen MR) is 74.3 cm³/mol. The first-order valence-corrected chi connectivity index (χ1v) is 6.13. The van der Waals surface area contributed by atoms with Crippen LogP contribution in [0.3, 0.4) is 0 Å². The first-order chi connectivity index (χ1) is 8.97. The van der Waals surface area contributed by atoms with Gasteiger partial charge in [-0.25, -0.2) is 0 Å². The topological polar surface area (TPSA) is 69.9 Å². The smallest absolute Gasteiger partial charge is 0.406 e. The van der Waals surface area contributed by atoms with Crippen LogP contribution in [0, 0.1) is 0 Å². The van der Waals surface area contributed by atoms with E-state index in [1.54, 1.807) is 36.4 Å². The highest BCUT2D eigenvalue weighted by Gasteiger charge is 2.22. The molecule has 0 aliphatic heterocycles. The maximum atomic E-state index is 9.28. The Hall–Kier alpha value is -1.53. The van der Waals surface area contributed by atoms with Crippen molar-refractivity contribution in [1.82, 2.24) is 0 Å². The lowest BCUT2D eigenvalue weighted by molar-refractivity contribution is 0.245. The monoisotopic (exact) mass is 279 g/mol. The Morgan fingerprint density at radius 3 is 2.42 bits per heavy atom. The third kappa shape index (κ3) is 3.72. The first kappa shape index (κ1) is 13.9. The molecule has 0 aliphatic carbocycles. The summed E-state index contributed by atoms with van der Waals surface area (Å²) in [6.45, 7) is -3.37. The highest BCUT2D eigenvalue weighted by atomic mass is 35.5. The van der Waals surface area contributed by atoms with Crippen molar-refractivity contribution in [1.29, 1.82) is 0 Å². The van der Waals surface area contributed by atoms with Crippen LogP contribution in [0.15, 0.2) is 48.5 Å². The Morgan fingerprint density at radius 1 is 1.00 bits per heavy atom. The molecule has 6 heteroatoms. The lowest BCUT2D eigenvalue weighted by Crippen LogP contribution is -2.49. The SMILES string of the molecule is O[B-](O)(O)c1ccccc1OCc1cccc(Cl)c1. The van der Waals surface area contributed by atoms with E-state index in [0.717, 1.165) is 5.56 Å². The Kier molecular flexibility index (Phi) is 4.12. The van der Waals surface area contributed by atoms with Crippen molar-refractivity contribution in [3.63, 3.8) is 0 Å². The Morgan fingerprint density at radius 2 is 1.74 bits per heavy atom. The van der Waals surface area contributed by atoms with Crippen LogP contribution in [-0.4, -0.2) is 21.8 Å². The summed E-state index contributed by atoms with van der Waals surface area (Å²) in [4.78, 5) is 0. The molecule has 0 bridgehead atoms. The largest absolute Gasteiger partial charge is 0.556 e. The summed E-state index contributed by atoms with van der Waals surface area (Å²) < 4.78 is 5.48. The second kappa shape index (κ2) is 5.63. The van der Waals surface area contributed by atoms with Crippen LogP contribution in [-0.2, 0) is 6.61 Å². The quantitative estimate of drug-likeness (QED) is 0.732. The number of halogens is 1. The van der Waals surface area contributed by atoms with E-state index in [0.29, 0.717) is 5.02 Å². The van der Waals surface area contributed by atoms with E-state index in [-0.39, 0.29) is 17.8 Å². The summed E-state index contributed by atoms with van der Waals surface area (Å²) in [5.41, 5.74) is 0.791. The van der Waals surface area contributed by atoms with E-state index < -0.39 is 6.75 Å². The summed E-state index contributed by atoms with van der Waals surface area (Å²) >= 11 is 5.86. The molecule has 0 fully saturated rings. The van der Waals surface area contributed by atoms with Crippen LogP contribution in [0.1, 0.15) is 5.56 Å². The van der Waals surface area contributed by atoms with E-state index in [2.05, 4.69) is 0 Å². The van der Waals surface area contributed by atoms with E-state index in [1.807, 2.05) is 6.07 Å². The van der Waals surface area contributed by atoms with E-state index in [1.165, 1.54) is 6.07 Å². The third-order valence-corrected chi connectivity index (χ3v) is 2.85. The van der Waals surface area contributed by atoms with Crippen molar-refractivity contribution in [2.75, 3.05) is 0 Å². The zero-order valence-corrected chi connectivity index (χ0v) is 10.8. The van der Waals surface area contributed by atoms with Gasteiger partial charge in [-0.2, -0.15) is 0 Å². The average molecular weight is 280 g/mol. The number of hydrogen-bond acceptors (Lipinski definition) is 4. The highest BCUT2D eigenvalue weighted by Crippen LogP contribution is 2.15. The number of para-hydroxylation sites is 1. The minimum absolute atomic E-state index is 0.0514. The molecule has 4 nitrogen and oxygen atoms in total. The predicted octanol–water partition coefficient (Wildman–Crippen LogP) is 1.04. The molecular weight excluding hydrogens is 266 g/mol. The fourth-order valence-electron chi connectivity index (χ4n) is 1.72. The van der Waals surface area contributed by atoms with Crippen LogP contribution < -0.4 is 10.2 Å². The molecule has 2 aromatic rings. The number of ether oxygens (including phenoxy) is 1. The molecule has 0 unspecified atom stereocenters. The van der Waals surface area contributed by atoms with Gasteiger partial charge in [0.1, 0.15) is 6.61 Å². The Balaban J connectivity index is 2.16. The van der Waals surface area contributed by atoms with Crippen LogP contribution in [0.25, 0.3) is 0 Å². The minimum atomic E-state index is -3.58. The van der Waals surface area contributed by atoms with Gasteiger partial charge in [0, 0.05) is 5.02 Å². The number of rotatable bonds is 4. The van der Waals surface area contributed by atoms with Crippen LogP contribution in [0.2, 0.25) is 5.02 Å². The molecule has 0 heterocycles. The van der Waals surface area contributed by atoms with Gasteiger partial charge in [-0.05, 0) is 23.8 Å². The maximum absolute atomic E-state index is 9.28. The van der Waals surface area contributed by atoms with Gasteiger partial charge < -0.3 is 19.8 Å². The van der Waals surface area contributed by atoms with Crippen molar-refractivity contribution < 1.29 is 19.8 Å². The van der Waals surface area contributed by atoms with Crippen molar-refractivity contribution in [2.24, 2.45) is 0 Å². The third-order valence-electron chi connectivity index (χ3n) is 2.62. The van der Waals surface area contributed by atoms with Gasteiger partial charge in [0.2, 0.25) is 0 Å². The summed E-state index contributed by atoms with van der Waals surface area (Å²) in [5, 5.41) is 28.4. The molecule has 0 radical (unpaired) electrons. The standard InChI is InChI=1S/C13H13BClO4/c15-11-5-3-4-10(8-11)9-19-13-7-2-1-6-12(13)14(16,17)18/h1-8,16-18H,9H2/q-1. The molecule has 3 N–H and O–H groups in total. The normalized spacial score (nSPS) is 11.4. The van der Waals surface area contributed by atoms with Crippen molar-refractivity contribution in [2.45, 2.75) is 6.61 Å². The van der Waals surface area contributed by atoms with Gasteiger partial charge in [-0.1, -0.05) is 47.4 Å². The Labute approximate surface area is 115 Å². The zero-order valence-electron chi connectivity index (χ0n) is 10.0. The lowest BCUT2D eigenvalue weighted by atomic mass is 9.70. The lowest BCUT2D eigenvalue weighted by Gasteiger charge is -2.24. The summed E-state index contributed by atoms with van der Waals surface area (Å²) in [6, 6.07) is 13.3. The maximum Gasteiger partial charge on any atom is 0.406 e. The second-order valence-corrected chi connectivity index (χ2v) is 4.63. The molecule has 0 aromatic heterocycles. The van der Waals surface area contributed by atoms with Gasteiger partial charge in [-0.15, -0.1) is 0 Å². The summed E-state index contributed by atoms with van der Waals surface area (Å²) in [6.07, 6.45) is 0. The Bertz CT molecular complexity index is 569. The average Bonchev–Trinajstić information content (AvgIpc) is 2.36. The zero-order chi connectivity index (χ0) is 13.9. The van der Waals surface area contributed by atoms with Gasteiger partial charge in [0.15, 0.2) is 0 Å². The molecule has 100 valence electrons. The molecular formula is C13H13BClO4-. The molecule has 0 saturated heterocycles. The van der Waals surface area contributed by atoms with Crippen LogP contribution in [0.4, 0.5) is 0 Å². The van der Waals surface area contributed by atoms with E-state index in [9.17, 15) is 15.1 Å². The molecule has 0 atom stereocenters. The fourth-order valence-corrected chi connectivity index (χ4v) is 1.93. The molecule has 0 aliphatic rings. The van der Waals surface area contributed by atoms with Crippen molar-refractivity contribution in [3.05, 3.63) is 59.1 Å². The first-order valence-electron chi connectivity index (χ1n) is 5.75. The van der Waals surface area contributed by atoms with Crippen LogP contribution in [0.5, 0.6) is 5.75 Å². The summed E-state index contributed by atoms with van der Waals surface area (Å²) in [7, 11) is 0. The molecule has 0 saturated carbocycles. The molecule has 0 amide bonds. The van der Waals surface area contributed by atoms with Gasteiger partial charge in [0.25, 0.3) is 0 Å². The van der Waals surface area contributed by atoms with Gasteiger partial charge >= 0.3 is 6.75 Å². The van der Waals surface area contributed by atoms with Gasteiger partial charge in [-0.3, -0.25) is 0 Å². The van der Waals surface area contributed by atoms with Crippen molar-refractivity contribution in [3.8, 4) is 5.75 Å². The molecule has 2 rings (SSSR count).